The van der Waals surface area contributed by atoms with E-state index in [9.17, 15) is 23.1 Å². The molecule has 0 aliphatic carbocycles. The summed E-state index contributed by atoms with van der Waals surface area (Å²) < 4.78 is 44.7. The molecule has 0 unspecified atom stereocenters. The molecular weight excluding hydrogens is 361 g/mol. The zero-order valence-corrected chi connectivity index (χ0v) is 14.4. The predicted octanol–water partition coefficient (Wildman–Crippen LogP) is 3.23. The minimum Gasteiger partial charge on any atom is -0.497 e. The van der Waals surface area contributed by atoms with Crippen LogP contribution in [0.2, 0.25) is 0 Å². The SMILES string of the molecule is COc1cccc([C@]2(O)CC(C(F)(F)F)=NN2C(=O)Cc2ccccc2)c1. The Bertz CT molecular complexity index is 868. The fourth-order valence-electron chi connectivity index (χ4n) is 2.91. The van der Waals surface area contributed by atoms with Crippen molar-refractivity contribution in [1.82, 2.24) is 5.01 Å². The first-order chi connectivity index (χ1) is 12.7. The van der Waals surface area contributed by atoms with Crippen molar-refractivity contribution in [3.8, 4) is 5.75 Å². The van der Waals surface area contributed by atoms with Crippen LogP contribution in [0, 0.1) is 0 Å². The highest BCUT2D eigenvalue weighted by Crippen LogP contribution is 2.40. The minimum atomic E-state index is -4.76. The molecule has 1 N–H and O–H groups in total. The molecule has 3 rings (SSSR count). The number of aliphatic hydroxyl groups is 1. The normalized spacial score (nSPS) is 19.7. The van der Waals surface area contributed by atoms with Crippen molar-refractivity contribution in [1.29, 1.82) is 0 Å². The van der Waals surface area contributed by atoms with Gasteiger partial charge in [-0.2, -0.15) is 23.3 Å². The number of methoxy groups -OCH3 is 1. The zero-order valence-electron chi connectivity index (χ0n) is 14.4. The van der Waals surface area contributed by atoms with Gasteiger partial charge >= 0.3 is 6.18 Å². The van der Waals surface area contributed by atoms with Crippen LogP contribution in [0.3, 0.4) is 0 Å². The number of benzene rings is 2. The van der Waals surface area contributed by atoms with Gasteiger partial charge < -0.3 is 9.84 Å². The molecule has 1 atom stereocenters. The number of hydrogen-bond acceptors (Lipinski definition) is 4. The van der Waals surface area contributed by atoms with Gasteiger partial charge in [0.2, 0.25) is 5.91 Å². The number of halogens is 3. The first-order valence-electron chi connectivity index (χ1n) is 8.12. The average Bonchev–Trinajstić information content (AvgIpc) is 3.02. The van der Waals surface area contributed by atoms with Gasteiger partial charge in [0, 0.05) is 5.56 Å². The number of alkyl halides is 3. The van der Waals surface area contributed by atoms with Crippen LogP contribution in [-0.2, 0) is 16.9 Å². The van der Waals surface area contributed by atoms with Crippen molar-refractivity contribution in [2.75, 3.05) is 7.11 Å². The van der Waals surface area contributed by atoms with Crippen LogP contribution in [-0.4, -0.2) is 35.0 Å². The van der Waals surface area contributed by atoms with E-state index in [0.717, 1.165) is 0 Å². The largest absolute Gasteiger partial charge is 0.497 e. The number of carbonyl (C=O) groups is 1. The van der Waals surface area contributed by atoms with E-state index in [4.69, 9.17) is 4.74 Å². The number of hydrazone groups is 1. The van der Waals surface area contributed by atoms with Crippen LogP contribution in [0.1, 0.15) is 17.5 Å². The summed E-state index contributed by atoms with van der Waals surface area (Å²) in [5.74, 6) is -0.400. The van der Waals surface area contributed by atoms with Crippen LogP contribution < -0.4 is 4.74 Å². The summed E-state index contributed by atoms with van der Waals surface area (Å²) in [5, 5.41) is 15.0. The molecule has 1 heterocycles. The summed E-state index contributed by atoms with van der Waals surface area (Å²) in [6.07, 6.45) is -5.80. The summed E-state index contributed by atoms with van der Waals surface area (Å²) in [4.78, 5) is 12.7. The number of carbonyl (C=O) groups excluding carboxylic acids is 1. The quantitative estimate of drug-likeness (QED) is 0.889. The fraction of sp³-hybridized carbons (Fsp3) is 0.263. The standard InChI is InChI=1S/C19H17F3N2O3/c1-27-15-9-5-8-14(11-15)18(26)12-16(19(20,21)22)23-24(18)17(25)10-13-6-3-2-4-7-13/h2-9,11,26H,10,12H2,1H3/t18-/m1/s1. The van der Waals surface area contributed by atoms with Gasteiger partial charge in [-0.3, -0.25) is 4.79 Å². The fourth-order valence-corrected chi connectivity index (χ4v) is 2.91. The van der Waals surface area contributed by atoms with Crippen molar-refractivity contribution in [2.45, 2.75) is 24.7 Å². The lowest BCUT2D eigenvalue weighted by atomic mass is 9.96. The highest BCUT2D eigenvalue weighted by molar-refractivity contribution is 5.95. The molecule has 2 aromatic rings. The van der Waals surface area contributed by atoms with E-state index in [1.807, 2.05) is 0 Å². The highest BCUT2D eigenvalue weighted by Gasteiger charge is 2.53. The Morgan fingerprint density at radius 1 is 1.22 bits per heavy atom. The third-order valence-electron chi connectivity index (χ3n) is 4.28. The topological polar surface area (TPSA) is 62.1 Å². The summed E-state index contributed by atoms with van der Waals surface area (Å²) in [7, 11) is 1.40. The molecule has 8 heteroatoms. The van der Waals surface area contributed by atoms with Gasteiger partial charge in [0.15, 0.2) is 5.72 Å². The van der Waals surface area contributed by atoms with Gasteiger partial charge in [0.05, 0.1) is 20.0 Å². The molecule has 27 heavy (non-hydrogen) atoms. The number of hydrogen-bond donors (Lipinski definition) is 1. The van der Waals surface area contributed by atoms with Crippen LogP contribution in [0.5, 0.6) is 5.75 Å². The molecule has 5 nitrogen and oxygen atoms in total. The van der Waals surface area contributed by atoms with E-state index in [1.54, 1.807) is 36.4 Å². The molecular formula is C19H17F3N2O3. The van der Waals surface area contributed by atoms with Crippen molar-refractivity contribution in [3.63, 3.8) is 0 Å². The Hall–Kier alpha value is -2.87. The number of rotatable bonds is 4. The van der Waals surface area contributed by atoms with Crippen LogP contribution in [0.4, 0.5) is 13.2 Å². The van der Waals surface area contributed by atoms with Crippen molar-refractivity contribution in [3.05, 3.63) is 65.7 Å². The Labute approximate surface area is 153 Å². The number of amides is 1. The minimum absolute atomic E-state index is 0.0891. The maximum atomic E-state index is 13.2. The Balaban J connectivity index is 1.99. The molecule has 142 valence electrons. The highest BCUT2D eigenvalue weighted by atomic mass is 19.4. The van der Waals surface area contributed by atoms with Crippen LogP contribution in [0.25, 0.3) is 0 Å². The second-order valence-corrected chi connectivity index (χ2v) is 6.14. The molecule has 0 fully saturated rings. The second kappa shape index (κ2) is 7.03. The van der Waals surface area contributed by atoms with Crippen LogP contribution in [0.15, 0.2) is 59.7 Å². The van der Waals surface area contributed by atoms with Gasteiger partial charge in [-0.15, -0.1) is 0 Å². The monoisotopic (exact) mass is 378 g/mol. The van der Waals surface area contributed by atoms with Gasteiger partial charge in [0.1, 0.15) is 11.5 Å². The van der Waals surface area contributed by atoms with Gasteiger partial charge in [-0.25, -0.2) is 0 Å². The maximum Gasteiger partial charge on any atom is 0.431 e. The molecule has 2 aromatic carbocycles. The lowest BCUT2D eigenvalue weighted by Gasteiger charge is -2.31. The summed E-state index contributed by atoms with van der Waals surface area (Å²) in [5.41, 5.74) is -2.77. The molecule has 1 aliphatic rings. The third-order valence-corrected chi connectivity index (χ3v) is 4.28. The Kier molecular flexibility index (Phi) is 4.93. The van der Waals surface area contributed by atoms with E-state index in [1.165, 1.54) is 25.3 Å². The molecule has 0 radical (unpaired) electrons. The molecule has 1 aliphatic heterocycles. The zero-order chi connectivity index (χ0) is 19.7. The predicted molar refractivity (Wildman–Crippen MR) is 92.0 cm³/mol. The van der Waals surface area contributed by atoms with E-state index >= 15 is 0 Å². The lowest BCUT2D eigenvalue weighted by Crippen LogP contribution is -2.44. The van der Waals surface area contributed by atoms with Crippen LogP contribution >= 0.6 is 0 Å². The molecule has 0 aromatic heterocycles. The third kappa shape index (κ3) is 3.80. The first-order valence-corrected chi connectivity index (χ1v) is 8.12. The van der Waals surface area contributed by atoms with E-state index in [-0.39, 0.29) is 12.0 Å². The van der Waals surface area contributed by atoms with Gasteiger partial charge in [-0.05, 0) is 17.7 Å². The van der Waals surface area contributed by atoms with Crippen molar-refractivity contribution < 1.29 is 27.8 Å². The molecule has 0 spiro atoms. The lowest BCUT2D eigenvalue weighted by molar-refractivity contribution is -0.157. The summed E-state index contributed by atoms with van der Waals surface area (Å²) >= 11 is 0. The number of nitrogens with zero attached hydrogens (tertiary/aromatic N) is 2. The van der Waals surface area contributed by atoms with E-state index in [2.05, 4.69) is 5.10 Å². The second-order valence-electron chi connectivity index (χ2n) is 6.14. The number of ether oxygens (including phenoxy) is 1. The summed E-state index contributed by atoms with van der Waals surface area (Å²) in [6.45, 7) is 0. The smallest absolute Gasteiger partial charge is 0.431 e. The molecule has 0 bridgehead atoms. The van der Waals surface area contributed by atoms with Gasteiger partial charge in [0.25, 0.3) is 0 Å². The molecule has 0 saturated carbocycles. The van der Waals surface area contributed by atoms with Crippen molar-refractivity contribution >= 4 is 11.6 Å². The van der Waals surface area contributed by atoms with E-state index in [0.29, 0.717) is 16.3 Å². The first kappa shape index (κ1) is 18.9. The average molecular weight is 378 g/mol. The van der Waals surface area contributed by atoms with Crippen molar-refractivity contribution in [2.24, 2.45) is 5.10 Å². The van der Waals surface area contributed by atoms with Gasteiger partial charge in [-0.1, -0.05) is 42.5 Å². The van der Waals surface area contributed by atoms with E-state index < -0.39 is 29.9 Å². The molecule has 1 amide bonds. The molecule has 0 saturated heterocycles. The summed E-state index contributed by atoms with van der Waals surface area (Å²) in [6, 6.07) is 14.5. The Morgan fingerprint density at radius 2 is 1.93 bits per heavy atom. The Morgan fingerprint density at radius 3 is 2.56 bits per heavy atom. The maximum absolute atomic E-state index is 13.2.